The van der Waals surface area contributed by atoms with Gasteiger partial charge in [0.25, 0.3) is 0 Å². The molecule has 1 fully saturated rings. The van der Waals surface area contributed by atoms with Gasteiger partial charge in [-0.2, -0.15) is 9.61 Å². The second-order valence-corrected chi connectivity index (χ2v) is 5.39. The third kappa shape index (κ3) is 1.93. The summed E-state index contributed by atoms with van der Waals surface area (Å²) in [7, 11) is 0. The highest BCUT2D eigenvalue weighted by molar-refractivity contribution is 5.51. The highest BCUT2D eigenvalue weighted by Crippen LogP contribution is 2.42. The van der Waals surface area contributed by atoms with Crippen molar-refractivity contribution in [3.05, 3.63) is 59.9 Å². The fourth-order valence-corrected chi connectivity index (χ4v) is 2.75. The van der Waals surface area contributed by atoms with Crippen LogP contribution < -0.4 is 5.32 Å². The van der Waals surface area contributed by atoms with Gasteiger partial charge in [0.15, 0.2) is 5.65 Å². The first kappa shape index (κ1) is 11.5. The quantitative estimate of drug-likeness (QED) is 0.790. The van der Waals surface area contributed by atoms with Crippen molar-refractivity contribution in [3.8, 4) is 0 Å². The number of aromatic nitrogens is 3. The fraction of sp³-hybridized carbons (Fsp3) is 0.250. The molecule has 1 aromatic carbocycles. The molecule has 1 aliphatic rings. The van der Waals surface area contributed by atoms with Crippen molar-refractivity contribution in [3.63, 3.8) is 0 Å². The predicted molar refractivity (Wildman–Crippen MR) is 78.9 cm³/mol. The van der Waals surface area contributed by atoms with Crippen LogP contribution >= 0.6 is 0 Å². The summed E-state index contributed by atoms with van der Waals surface area (Å²) < 4.78 is 1.87. The molecule has 0 amide bonds. The molecule has 0 saturated heterocycles. The molecule has 4 nitrogen and oxygen atoms in total. The summed E-state index contributed by atoms with van der Waals surface area (Å²) >= 11 is 0. The number of aryl methyl sites for hydroxylation is 1. The lowest BCUT2D eigenvalue weighted by Crippen LogP contribution is -2.10. The maximum atomic E-state index is 4.46. The minimum atomic E-state index is 0.492. The number of benzene rings is 1. The molecule has 1 aliphatic carbocycles. The number of fused-ring (bicyclic) bond motifs is 1. The topological polar surface area (TPSA) is 42.2 Å². The van der Waals surface area contributed by atoms with Crippen LogP contribution in [-0.2, 0) is 0 Å². The second kappa shape index (κ2) is 4.34. The smallest absolute Gasteiger partial charge is 0.157 e. The molecule has 20 heavy (non-hydrogen) atoms. The van der Waals surface area contributed by atoms with Gasteiger partial charge in [-0.15, -0.1) is 0 Å². The van der Waals surface area contributed by atoms with E-state index >= 15 is 0 Å². The zero-order valence-corrected chi connectivity index (χ0v) is 11.3. The zero-order chi connectivity index (χ0) is 13.5. The van der Waals surface area contributed by atoms with Crippen LogP contribution in [0.4, 0.5) is 5.82 Å². The van der Waals surface area contributed by atoms with Crippen molar-refractivity contribution in [2.45, 2.75) is 25.3 Å². The average molecular weight is 264 g/mol. The van der Waals surface area contributed by atoms with Crippen LogP contribution in [0, 0.1) is 6.92 Å². The number of hydrogen-bond acceptors (Lipinski definition) is 3. The number of rotatable bonds is 3. The predicted octanol–water partition coefficient (Wildman–Crippen LogP) is 3.01. The number of anilines is 1. The Balaban J connectivity index is 1.59. The molecule has 100 valence electrons. The molecule has 0 aliphatic heterocycles. The Bertz CT molecular complexity index is 748. The van der Waals surface area contributed by atoms with E-state index in [1.54, 1.807) is 6.20 Å². The van der Waals surface area contributed by atoms with Crippen LogP contribution in [0.3, 0.4) is 0 Å². The van der Waals surface area contributed by atoms with E-state index in [0.29, 0.717) is 12.0 Å². The Morgan fingerprint density at radius 3 is 2.90 bits per heavy atom. The average Bonchev–Trinajstić information content (AvgIpc) is 3.06. The van der Waals surface area contributed by atoms with E-state index in [4.69, 9.17) is 0 Å². The number of hydrogen-bond donors (Lipinski definition) is 1. The molecule has 0 spiro atoms. The molecule has 1 saturated carbocycles. The molecule has 2 aromatic heterocycles. The van der Waals surface area contributed by atoms with Crippen molar-refractivity contribution < 1.29 is 0 Å². The van der Waals surface area contributed by atoms with Crippen LogP contribution in [0.5, 0.6) is 0 Å². The molecule has 4 rings (SSSR count). The van der Waals surface area contributed by atoms with E-state index in [9.17, 15) is 0 Å². The van der Waals surface area contributed by atoms with Crippen LogP contribution in [0.1, 0.15) is 23.6 Å². The summed E-state index contributed by atoms with van der Waals surface area (Å²) in [6.07, 6.45) is 2.96. The Morgan fingerprint density at radius 2 is 2.05 bits per heavy atom. The van der Waals surface area contributed by atoms with Crippen LogP contribution in [0.2, 0.25) is 0 Å². The lowest BCUT2D eigenvalue weighted by molar-refractivity contribution is 0.908. The molecule has 1 N–H and O–H groups in total. The number of nitrogens with one attached hydrogen (secondary N) is 1. The first-order valence-corrected chi connectivity index (χ1v) is 6.94. The Labute approximate surface area is 117 Å². The van der Waals surface area contributed by atoms with Crippen LogP contribution in [-0.4, -0.2) is 20.6 Å². The van der Waals surface area contributed by atoms with Crippen molar-refractivity contribution in [2.75, 3.05) is 5.32 Å². The van der Waals surface area contributed by atoms with E-state index in [0.717, 1.165) is 17.2 Å². The number of nitrogens with zero attached hydrogens (tertiary/aromatic N) is 3. The largest absolute Gasteiger partial charge is 0.367 e. The zero-order valence-electron chi connectivity index (χ0n) is 11.3. The van der Waals surface area contributed by atoms with Gasteiger partial charge in [-0.3, -0.25) is 0 Å². The van der Waals surface area contributed by atoms with E-state index in [1.807, 2.05) is 17.5 Å². The van der Waals surface area contributed by atoms with Crippen molar-refractivity contribution in [2.24, 2.45) is 0 Å². The van der Waals surface area contributed by atoms with Gasteiger partial charge < -0.3 is 5.32 Å². The van der Waals surface area contributed by atoms with E-state index in [2.05, 4.69) is 51.8 Å². The molecule has 3 aromatic rings. The summed E-state index contributed by atoms with van der Waals surface area (Å²) in [4.78, 5) is 4.46. The van der Waals surface area contributed by atoms with Gasteiger partial charge in [0.2, 0.25) is 0 Å². The SMILES string of the molecule is Cc1cc(N[C@@H]2C[C@H]2c2ccccc2)n2nccc2n1. The molecule has 0 bridgehead atoms. The second-order valence-electron chi connectivity index (χ2n) is 5.39. The summed E-state index contributed by atoms with van der Waals surface area (Å²) in [6, 6.07) is 15.2. The van der Waals surface area contributed by atoms with E-state index in [-0.39, 0.29) is 0 Å². The Hall–Kier alpha value is -2.36. The monoisotopic (exact) mass is 264 g/mol. The van der Waals surface area contributed by atoms with Gasteiger partial charge in [-0.05, 0) is 18.9 Å². The van der Waals surface area contributed by atoms with Crippen LogP contribution in [0.15, 0.2) is 48.7 Å². The van der Waals surface area contributed by atoms with Gasteiger partial charge >= 0.3 is 0 Å². The van der Waals surface area contributed by atoms with Gasteiger partial charge in [0, 0.05) is 29.8 Å². The summed E-state index contributed by atoms with van der Waals surface area (Å²) in [5.74, 6) is 1.64. The van der Waals surface area contributed by atoms with E-state index in [1.165, 1.54) is 12.0 Å². The van der Waals surface area contributed by atoms with Gasteiger partial charge in [-0.1, -0.05) is 30.3 Å². The maximum Gasteiger partial charge on any atom is 0.157 e. The van der Waals surface area contributed by atoms with Crippen molar-refractivity contribution >= 4 is 11.5 Å². The van der Waals surface area contributed by atoms with Gasteiger partial charge in [0.1, 0.15) is 5.82 Å². The van der Waals surface area contributed by atoms with Gasteiger partial charge in [-0.25, -0.2) is 4.98 Å². The molecule has 0 unspecified atom stereocenters. The lowest BCUT2D eigenvalue weighted by Gasteiger charge is -2.09. The minimum absolute atomic E-state index is 0.492. The Kier molecular flexibility index (Phi) is 2.49. The maximum absolute atomic E-state index is 4.46. The summed E-state index contributed by atoms with van der Waals surface area (Å²) in [6.45, 7) is 2.01. The first-order valence-electron chi connectivity index (χ1n) is 6.94. The fourth-order valence-electron chi connectivity index (χ4n) is 2.75. The highest BCUT2D eigenvalue weighted by Gasteiger charge is 2.38. The van der Waals surface area contributed by atoms with Gasteiger partial charge in [0.05, 0.1) is 6.20 Å². The third-order valence-electron chi connectivity index (χ3n) is 3.84. The molecular weight excluding hydrogens is 248 g/mol. The molecule has 4 heteroatoms. The summed E-state index contributed by atoms with van der Waals surface area (Å²) in [5.41, 5.74) is 3.31. The normalized spacial score (nSPS) is 21.1. The molecule has 2 heterocycles. The standard InChI is InChI=1S/C16H16N4/c1-11-9-16(20-15(18-11)7-8-17-20)19-14-10-13(14)12-5-3-2-4-6-12/h2-9,13-14,19H,10H2,1H3/t13-,14+/m0/s1. The highest BCUT2D eigenvalue weighted by atomic mass is 15.3. The van der Waals surface area contributed by atoms with Crippen molar-refractivity contribution in [1.29, 1.82) is 0 Å². The first-order chi connectivity index (χ1) is 9.81. The Morgan fingerprint density at radius 1 is 1.20 bits per heavy atom. The van der Waals surface area contributed by atoms with Crippen LogP contribution in [0.25, 0.3) is 5.65 Å². The van der Waals surface area contributed by atoms with Crippen molar-refractivity contribution in [1.82, 2.24) is 14.6 Å². The van der Waals surface area contributed by atoms with E-state index < -0.39 is 0 Å². The minimum Gasteiger partial charge on any atom is -0.367 e. The third-order valence-corrected chi connectivity index (χ3v) is 3.84. The molecule has 0 radical (unpaired) electrons. The molecular formula is C16H16N4. The molecule has 2 atom stereocenters. The lowest BCUT2D eigenvalue weighted by atomic mass is 10.1. The summed E-state index contributed by atoms with van der Waals surface area (Å²) in [5, 5.41) is 7.92.